The lowest BCUT2D eigenvalue weighted by molar-refractivity contribution is 0.109. The first-order chi connectivity index (χ1) is 15.7. The number of halogens is 6. The number of aromatic amines is 3. The molecule has 0 amide bonds. The highest BCUT2D eigenvalue weighted by atomic mass is 32.2. The highest BCUT2D eigenvalue weighted by Crippen LogP contribution is 2.30. The average molecular weight is 502 g/mol. The Kier molecular flexibility index (Phi) is 6.03. The normalized spacial score (nSPS) is 11.1. The topological polar surface area (TPSA) is 90.5 Å². The number of furan rings is 1. The van der Waals surface area contributed by atoms with Crippen LogP contribution in [0.3, 0.4) is 0 Å². The summed E-state index contributed by atoms with van der Waals surface area (Å²) in [6.45, 7) is 0. The fraction of sp³-hybridized carbons (Fsp3) is 0. The Labute approximate surface area is 188 Å². The lowest BCUT2D eigenvalue weighted by Gasteiger charge is -1.95. The number of imidazole rings is 2. The molecular formula is C19H8F6N4O2S2. The van der Waals surface area contributed by atoms with Crippen LogP contribution in [0.2, 0.25) is 0 Å². The Bertz CT molecular complexity index is 1570. The maximum Gasteiger partial charge on any atom is 0.196 e. The first kappa shape index (κ1) is 22.7. The summed E-state index contributed by atoms with van der Waals surface area (Å²) in [5, 5.41) is 0.531. The molecule has 0 spiro atoms. The summed E-state index contributed by atoms with van der Waals surface area (Å²) in [7, 11) is 0. The molecular weight excluding hydrogens is 494 g/mol. The van der Waals surface area contributed by atoms with Gasteiger partial charge in [-0.2, -0.15) is 0 Å². The van der Waals surface area contributed by atoms with Crippen LogP contribution >= 0.6 is 24.0 Å². The Morgan fingerprint density at radius 2 is 1.55 bits per heavy atom. The largest absolute Gasteiger partial charge is 0.447 e. The number of rotatable bonds is 3. The number of nitrogens with one attached hydrogen (secondary N) is 3. The second-order valence-corrected chi connectivity index (χ2v) is 7.69. The third-order valence-corrected chi connectivity index (χ3v) is 5.17. The van der Waals surface area contributed by atoms with Crippen LogP contribution in [0.1, 0.15) is 10.6 Å². The lowest BCUT2D eigenvalue weighted by Crippen LogP contribution is -1.91. The van der Waals surface area contributed by atoms with Crippen LogP contribution < -0.4 is 0 Å². The van der Waals surface area contributed by atoms with Crippen molar-refractivity contribution in [1.82, 2.24) is 19.9 Å². The van der Waals surface area contributed by atoms with Gasteiger partial charge in [-0.1, -0.05) is 0 Å². The van der Waals surface area contributed by atoms with Crippen LogP contribution in [0.4, 0.5) is 26.3 Å². The van der Waals surface area contributed by atoms with Crippen LogP contribution in [-0.4, -0.2) is 26.2 Å². The fourth-order valence-corrected chi connectivity index (χ4v) is 3.69. The van der Waals surface area contributed by atoms with E-state index < -0.39 is 34.9 Å². The molecule has 14 heteroatoms. The van der Waals surface area contributed by atoms with Gasteiger partial charge in [-0.15, -0.1) is 0 Å². The molecule has 0 aliphatic carbocycles. The number of fused-ring (bicyclic) bond motifs is 2. The number of nitrogens with zero attached hydrogens (tertiary/aromatic N) is 1. The van der Waals surface area contributed by atoms with Crippen LogP contribution in [0.25, 0.3) is 22.1 Å². The molecule has 5 rings (SSSR count). The molecule has 3 aromatic heterocycles. The number of hydrogen-bond donors (Lipinski definition) is 3. The summed E-state index contributed by atoms with van der Waals surface area (Å²) < 4.78 is 83.1. The number of benzene rings is 2. The molecule has 2 aromatic carbocycles. The van der Waals surface area contributed by atoms with Gasteiger partial charge in [0.05, 0.1) is 11.0 Å². The van der Waals surface area contributed by atoms with E-state index in [2.05, 4.69) is 32.2 Å². The van der Waals surface area contributed by atoms with Crippen molar-refractivity contribution in [2.24, 2.45) is 0 Å². The monoisotopic (exact) mass is 502 g/mol. The van der Waals surface area contributed by atoms with E-state index in [4.69, 9.17) is 4.42 Å². The summed E-state index contributed by atoms with van der Waals surface area (Å²) in [5.41, 5.74) is -0.301. The summed E-state index contributed by atoms with van der Waals surface area (Å²) in [6, 6.07) is 4.65. The first-order valence-corrected chi connectivity index (χ1v) is 9.92. The van der Waals surface area contributed by atoms with Gasteiger partial charge in [-0.05, 0) is 36.1 Å². The Hall–Kier alpha value is -3.52. The second kappa shape index (κ2) is 8.78. The van der Waals surface area contributed by atoms with Gasteiger partial charge in [0.1, 0.15) is 11.0 Å². The van der Waals surface area contributed by atoms with Crippen molar-refractivity contribution >= 4 is 52.3 Å². The maximum absolute atomic E-state index is 13.5. The molecule has 170 valence electrons. The first-order valence-electron chi connectivity index (χ1n) is 8.69. The predicted octanol–water partition coefficient (Wildman–Crippen LogP) is 6.18. The molecule has 3 N–H and O–H groups in total. The summed E-state index contributed by atoms with van der Waals surface area (Å²) in [5.74, 6) is -8.09. The SMILES string of the molecule is Fc1cc2[nH]c(=S)[nH]c2c(F)c1F.O=Cc1ccc(Sc2nc3c(F)c(F)c(F)cc3[nH]2)o1. The van der Waals surface area contributed by atoms with E-state index >= 15 is 0 Å². The Morgan fingerprint density at radius 1 is 0.879 bits per heavy atom. The van der Waals surface area contributed by atoms with E-state index in [0.717, 1.165) is 23.9 Å². The molecule has 0 saturated heterocycles. The molecule has 0 fully saturated rings. The van der Waals surface area contributed by atoms with Crippen molar-refractivity contribution in [2.45, 2.75) is 10.2 Å². The molecule has 33 heavy (non-hydrogen) atoms. The molecule has 0 atom stereocenters. The minimum atomic E-state index is -1.57. The van der Waals surface area contributed by atoms with E-state index in [9.17, 15) is 31.1 Å². The Balaban J connectivity index is 0.000000172. The van der Waals surface area contributed by atoms with Crippen LogP contribution in [0.15, 0.2) is 38.9 Å². The number of H-pyrrole nitrogens is 3. The summed E-state index contributed by atoms with van der Waals surface area (Å²) in [4.78, 5) is 21.8. The Morgan fingerprint density at radius 3 is 2.21 bits per heavy atom. The molecule has 5 aromatic rings. The molecule has 6 nitrogen and oxygen atoms in total. The average Bonchev–Trinajstić information content (AvgIpc) is 3.49. The quantitative estimate of drug-likeness (QED) is 0.119. The van der Waals surface area contributed by atoms with Crippen LogP contribution in [0, 0.1) is 39.7 Å². The van der Waals surface area contributed by atoms with Crippen molar-refractivity contribution in [3.8, 4) is 0 Å². The number of carbonyl (C=O) groups excluding carboxylic acids is 1. The van der Waals surface area contributed by atoms with E-state index in [0.29, 0.717) is 11.4 Å². The van der Waals surface area contributed by atoms with E-state index in [1.165, 1.54) is 12.1 Å². The standard InChI is InChI=1S/C12H5F3N2O2S.C7H3F3N2S/c13-6-3-7-11(10(15)9(6)14)17-12(16-7)20-8-2-1-5(4-18)19-8;8-2-1-3-6(5(10)4(2)9)12-7(13)11-3/h1-4H,(H,16,17);1H,(H2,11,12,13). The van der Waals surface area contributed by atoms with Crippen molar-refractivity contribution in [3.63, 3.8) is 0 Å². The van der Waals surface area contributed by atoms with Gasteiger partial charge in [0.2, 0.25) is 0 Å². The van der Waals surface area contributed by atoms with Crippen molar-refractivity contribution in [2.75, 3.05) is 0 Å². The molecule has 3 heterocycles. The van der Waals surface area contributed by atoms with E-state index in [-0.39, 0.29) is 37.8 Å². The maximum atomic E-state index is 13.5. The molecule has 0 radical (unpaired) electrons. The molecule has 0 saturated carbocycles. The van der Waals surface area contributed by atoms with E-state index in [1.54, 1.807) is 0 Å². The number of hydrogen-bond acceptors (Lipinski definition) is 5. The highest BCUT2D eigenvalue weighted by molar-refractivity contribution is 7.99. The predicted molar refractivity (Wildman–Crippen MR) is 108 cm³/mol. The zero-order valence-corrected chi connectivity index (χ0v) is 17.4. The van der Waals surface area contributed by atoms with E-state index in [1.807, 2.05) is 0 Å². The van der Waals surface area contributed by atoms with Gasteiger partial charge < -0.3 is 19.4 Å². The summed E-state index contributed by atoms with van der Waals surface area (Å²) >= 11 is 5.60. The lowest BCUT2D eigenvalue weighted by atomic mass is 10.3. The van der Waals surface area contributed by atoms with Crippen LogP contribution in [-0.2, 0) is 0 Å². The van der Waals surface area contributed by atoms with Crippen LogP contribution in [0.5, 0.6) is 0 Å². The number of aldehydes is 1. The number of aromatic nitrogens is 4. The minimum absolute atomic E-state index is 0.0334. The van der Waals surface area contributed by atoms with Gasteiger partial charge >= 0.3 is 0 Å². The third kappa shape index (κ3) is 4.39. The van der Waals surface area contributed by atoms with Gasteiger partial charge in [0.15, 0.2) is 62.0 Å². The zero-order chi connectivity index (χ0) is 23.9. The molecule has 0 aliphatic rings. The fourth-order valence-electron chi connectivity index (χ4n) is 2.71. The molecule has 0 aliphatic heterocycles. The molecule has 0 unspecified atom stereocenters. The molecule has 0 bridgehead atoms. The van der Waals surface area contributed by atoms with Gasteiger partial charge in [0.25, 0.3) is 0 Å². The third-order valence-electron chi connectivity index (χ3n) is 4.16. The van der Waals surface area contributed by atoms with Crippen molar-refractivity contribution in [3.05, 3.63) is 69.7 Å². The second-order valence-electron chi connectivity index (χ2n) is 6.29. The zero-order valence-electron chi connectivity index (χ0n) is 15.7. The van der Waals surface area contributed by atoms with Crippen molar-refractivity contribution < 1.29 is 35.6 Å². The highest BCUT2D eigenvalue weighted by Gasteiger charge is 2.18. The summed E-state index contributed by atoms with van der Waals surface area (Å²) in [6.07, 6.45) is 0.535. The number of carbonyl (C=O) groups is 1. The van der Waals surface area contributed by atoms with Crippen molar-refractivity contribution in [1.29, 1.82) is 0 Å². The van der Waals surface area contributed by atoms with Gasteiger partial charge in [-0.3, -0.25) is 4.79 Å². The smallest absolute Gasteiger partial charge is 0.196 e. The van der Waals surface area contributed by atoms with Gasteiger partial charge in [-0.25, -0.2) is 31.3 Å². The van der Waals surface area contributed by atoms with Gasteiger partial charge in [0, 0.05) is 12.1 Å². The minimum Gasteiger partial charge on any atom is -0.447 e.